The molecular weight excluding hydrogens is 242 g/mol. The Morgan fingerprint density at radius 2 is 2.26 bits per heavy atom. The molecule has 2 aliphatic heterocycles. The molecule has 1 fully saturated rings. The van der Waals surface area contributed by atoms with Crippen LogP contribution in [0.3, 0.4) is 0 Å². The van der Waals surface area contributed by atoms with E-state index >= 15 is 0 Å². The predicted octanol–water partition coefficient (Wildman–Crippen LogP) is 1.61. The van der Waals surface area contributed by atoms with Crippen molar-refractivity contribution in [2.75, 3.05) is 19.8 Å². The molecule has 0 saturated carbocycles. The topological polar surface area (TPSA) is 50.4 Å². The monoisotopic (exact) mass is 263 g/mol. The molecule has 0 unspecified atom stereocenters. The van der Waals surface area contributed by atoms with E-state index in [-0.39, 0.29) is 0 Å². The summed E-state index contributed by atoms with van der Waals surface area (Å²) >= 11 is 0. The molecule has 1 aromatic heterocycles. The summed E-state index contributed by atoms with van der Waals surface area (Å²) in [6.07, 6.45) is 4.04. The van der Waals surface area contributed by atoms with Crippen LogP contribution in [0.25, 0.3) is 0 Å². The molecule has 0 aromatic carbocycles. The third-order valence-electron chi connectivity index (χ3n) is 3.94. The zero-order valence-corrected chi connectivity index (χ0v) is 11.2. The number of hydrogen-bond acceptors (Lipinski definition) is 4. The van der Waals surface area contributed by atoms with Crippen molar-refractivity contribution < 1.29 is 9.47 Å². The lowest BCUT2D eigenvalue weighted by Crippen LogP contribution is -2.36. The lowest BCUT2D eigenvalue weighted by atomic mass is 10.1. The van der Waals surface area contributed by atoms with Gasteiger partial charge in [0.2, 0.25) is 0 Å². The van der Waals surface area contributed by atoms with Crippen LogP contribution in [0.4, 0.5) is 0 Å². The molecule has 1 aromatic rings. The van der Waals surface area contributed by atoms with Crippen LogP contribution in [-0.2, 0) is 29.2 Å². The van der Waals surface area contributed by atoms with E-state index in [4.69, 9.17) is 9.47 Å². The fraction of sp³-hybridized carbons (Fsp3) is 0.643. The summed E-state index contributed by atoms with van der Waals surface area (Å²) in [6, 6.07) is 0.650. The van der Waals surface area contributed by atoms with E-state index in [0.29, 0.717) is 19.3 Å². The Bertz CT molecular complexity index is 438. The second-order valence-electron chi connectivity index (χ2n) is 5.18. The van der Waals surface area contributed by atoms with Gasteiger partial charge in [0.25, 0.3) is 0 Å². The van der Waals surface area contributed by atoms with E-state index in [1.54, 1.807) is 6.08 Å². The SMILES string of the molecule is C=CCOCc1n[nH]c2c1CN(C1CCOCC1)C2. The summed E-state index contributed by atoms with van der Waals surface area (Å²) in [7, 11) is 0. The van der Waals surface area contributed by atoms with Crippen molar-refractivity contribution in [3.05, 3.63) is 29.6 Å². The molecule has 0 aliphatic carbocycles. The third kappa shape index (κ3) is 2.73. The Labute approximate surface area is 113 Å². The highest BCUT2D eigenvalue weighted by Gasteiger charge is 2.30. The molecule has 0 bridgehead atoms. The fourth-order valence-electron chi connectivity index (χ4n) is 2.89. The molecule has 3 heterocycles. The summed E-state index contributed by atoms with van der Waals surface area (Å²) in [4.78, 5) is 2.53. The third-order valence-corrected chi connectivity index (χ3v) is 3.94. The molecule has 5 heteroatoms. The van der Waals surface area contributed by atoms with Crippen molar-refractivity contribution in [2.24, 2.45) is 0 Å². The maximum atomic E-state index is 5.49. The first-order chi connectivity index (χ1) is 9.38. The van der Waals surface area contributed by atoms with Crippen molar-refractivity contribution in [1.82, 2.24) is 15.1 Å². The molecule has 0 atom stereocenters. The highest BCUT2D eigenvalue weighted by Crippen LogP contribution is 2.28. The van der Waals surface area contributed by atoms with Crippen LogP contribution < -0.4 is 0 Å². The number of hydrogen-bond donors (Lipinski definition) is 1. The average Bonchev–Trinajstić information content (AvgIpc) is 3.02. The Morgan fingerprint density at radius 1 is 1.42 bits per heavy atom. The minimum atomic E-state index is 0.569. The number of ether oxygens (including phenoxy) is 2. The smallest absolute Gasteiger partial charge is 0.0927 e. The molecule has 19 heavy (non-hydrogen) atoms. The Hall–Kier alpha value is -1.17. The van der Waals surface area contributed by atoms with Gasteiger partial charge in [0, 0.05) is 37.9 Å². The second kappa shape index (κ2) is 5.86. The minimum Gasteiger partial charge on any atom is -0.381 e. The van der Waals surface area contributed by atoms with E-state index in [2.05, 4.69) is 21.7 Å². The van der Waals surface area contributed by atoms with E-state index in [1.165, 1.54) is 11.3 Å². The Balaban J connectivity index is 1.61. The van der Waals surface area contributed by atoms with Crippen LogP contribution >= 0.6 is 0 Å². The van der Waals surface area contributed by atoms with Crippen LogP contribution in [0.1, 0.15) is 29.8 Å². The average molecular weight is 263 g/mol. The summed E-state index contributed by atoms with van der Waals surface area (Å²) in [5.41, 5.74) is 3.63. The van der Waals surface area contributed by atoms with Crippen LogP contribution in [0.5, 0.6) is 0 Å². The maximum Gasteiger partial charge on any atom is 0.0927 e. The van der Waals surface area contributed by atoms with Gasteiger partial charge >= 0.3 is 0 Å². The van der Waals surface area contributed by atoms with Crippen molar-refractivity contribution in [3.8, 4) is 0 Å². The molecule has 0 radical (unpaired) electrons. The largest absolute Gasteiger partial charge is 0.381 e. The highest BCUT2D eigenvalue weighted by atomic mass is 16.5. The molecular formula is C14H21N3O2. The van der Waals surface area contributed by atoms with E-state index in [9.17, 15) is 0 Å². The standard InChI is InChI=1S/C14H21N3O2/c1-2-5-19-10-14-12-8-17(9-13(12)15-16-14)11-3-6-18-7-4-11/h2,11H,1,3-10H2,(H,15,16). The molecule has 0 amide bonds. The first-order valence-electron chi connectivity index (χ1n) is 6.94. The zero-order valence-electron chi connectivity index (χ0n) is 11.2. The number of H-pyrrole nitrogens is 1. The van der Waals surface area contributed by atoms with Crippen LogP contribution in [0, 0.1) is 0 Å². The molecule has 104 valence electrons. The second-order valence-corrected chi connectivity index (χ2v) is 5.18. The van der Waals surface area contributed by atoms with Crippen molar-refractivity contribution >= 4 is 0 Å². The minimum absolute atomic E-state index is 0.569. The van der Waals surface area contributed by atoms with Crippen LogP contribution in [-0.4, -0.2) is 41.0 Å². The summed E-state index contributed by atoms with van der Waals surface area (Å²) < 4.78 is 10.9. The normalized spacial score (nSPS) is 20.6. The maximum absolute atomic E-state index is 5.49. The fourth-order valence-corrected chi connectivity index (χ4v) is 2.89. The lowest BCUT2D eigenvalue weighted by Gasteiger charge is -2.30. The first kappa shape index (κ1) is 12.8. The molecule has 1 N–H and O–H groups in total. The zero-order chi connectivity index (χ0) is 13.1. The van der Waals surface area contributed by atoms with Gasteiger partial charge in [-0.3, -0.25) is 10.00 Å². The van der Waals surface area contributed by atoms with Crippen LogP contribution in [0.15, 0.2) is 12.7 Å². The van der Waals surface area contributed by atoms with Crippen LogP contribution in [0.2, 0.25) is 0 Å². The van der Waals surface area contributed by atoms with Gasteiger partial charge < -0.3 is 9.47 Å². The van der Waals surface area contributed by atoms with Gasteiger partial charge in [-0.2, -0.15) is 5.10 Å². The first-order valence-corrected chi connectivity index (χ1v) is 6.94. The molecule has 0 spiro atoms. The molecule has 5 nitrogen and oxygen atoms in total. The summed E-state index contributed by atoms with van der Waals surface area (Å²) in [5, 5.41) is 7.51. The number of fused-ring (bicyclic) bond motifs is 1. The predicted molar refractivity (Wildman–Crippen MR) is 71.5 cm³/mol. The lowest BCUT2D eigenvalue weighted by molar-refractivity contribution is 0.0319. The van der Waals surface area contributed by atoms with E-state index in [1.807, 2.05) is 0 Å². The van der Waals surface area contributed by atoms with E-state index in [0.717, 1.165) is 44.8 Å². The van der Waals surface area contributed by atoms with Gasteiger partial charge in [0.1, 0.15) is 0 Å². The number of aromatic amines is 1. The molecule has 1 saturated heterocycles. The van der Waals surface area contributed by atoms with Crippen molar-refractivity contribution in [2.45, 2.75) is 38.6 Å². The van der Waals surface area contributed by atoms with Gasteiger partial charge in [0.15, 0.2) is 0 Å². The quantitative estimate of drug-likeness (QED) is 0.647. The van der Waals surface area contributed by atoms with Gasteiger partial charge in [-0.25, -0.2) is 0 Å². The van der Waals surface area contributed by atoms with Gasteiger partial charge in [0.05, 0.1) is 24.6 Å². The summed E-state index contributed by atoms with van der Waals surface area (Å²) in [6.45, 7) is 8.55. The van der Waals surface area contributed by atoms with Crippen molar-refractivity contribution in [1.29, 1.82) is 0 Å². The number of rotatable bonds is 5. The van der Waals surface area contributed by atoms with Gasteiger partial charge in [-0.1, -0.05) is 6.08 Å². The Kier molecular flexibility index (Phi) is 3.96. The number of nitrogens with one attached hydrogen (secondary N) is 1. The number of nitrogens with zero attached hydrogens (tertiary/aromatic N) is 2. The molecule has 2 aliphatic rings. The van der Waals surface area contributed by atoms with E-state index < -0.39 is 0 Å². The molecule has 3 rings (SSSR count). The summed E-state index contributed by atoms with van der Waals surface area (Å²) in [5.74, 6) is 0. The Morgan fingerprint density at radius 3 is 3.05 bits per heavy atom. The highest BCUT2D eigenvalue weighted by molar-refractivity contribution is 5.28. The van der Waals surface area contributed by atoms with Gasteiger partial charge in [-0.15, -0.1) is 6.58 Å². The number of aromatic nitrogens is 2. The van der Waals surface area contributed by atoms with Gasteiger partial charge in [-0.05, 0) is 12.8 Å². The van der Waals surface area contributed by atoms with Crippen molar-refractivity contribution in [3.63, 3.8) is 0 Å².